The molecule has 2 aromatic carbocycles. The molecule has 0 heterocycles. The molecule has 0 amide bonds. The first-order chi connectivity index (χ1) is 8.47. The number of hydrogen-bond acceptors (Lipinski definition) is 4. The number of aromatic hydroxyl groups is 1. The Kier molecular flexibility index (Phi) is 3.08. The Morgan fingerprint density at radius 2 is 2.00 bits per heavy atom. The third-order valence-electron chi connectivity index (χ3n) is 2.55. The maximum atomic E-state index is 10.9. The number of hydrogen-bond donors (Lipinski definition) is 4. The highest BCUT2D eigenvalue weighted by molar-refractivity contribution is 5.98. The molecular weight excluding hydrogens is 234 g/mol. The van der Waals surface area contributed by atoms with Crippen LogP contribution < -0.4 is 5.32 Å². The standard InChI is InChI=1S/C13H13NO4/c1-7(15)14-10-2-3-11-8(5-10)4-9(13(17)18)6-12(11)16/h2-7,14-16H,1H3,(H,17,18). The van der Waals surface area contributed by atoms with Gasteiger partial charge in [0.1, 0.15) is 12.0 Å². The number of anilines is 1. The fourth-order valence-corrected chi connectivity index (χ4v) is 1.80. The van der Waals surface area contributed by atoms with Gasteiger partial charge in [-0.05, 0) is 42.6 Å². The predicted molar refractivity (Wildman–Crippen MR) is 67.9 cm³/mol. The lowest BCUT2D eigenvalue weighted by Gasteiger charge is -2.10. The summed E-state index contributed by atoms with van der Waals surface area (Å²) in [5, 5.41) is 31.8. The number of phenols is 1. The number of carboxylic acids is 1. The zero-order valence-electron chi connectivity index (χ0n) is 9.71. The van der Waals surface area contributed by atoms with Crippen molar-refractivity contribution in [2.75, 3.05) is 5.32 Å². The number of nitrogens with one attached hydrogen (secondary N) is 1. The summed E-state index contributed by atoms with van der Waals surface area (Å²) in [7, 11) is 0. The van der Waals surface area contributed by atoms with E-state index in [0.717, 1.165) is 0 Å². The molecule has 0 radical (unpaired) electrons. The van der Waals surface area contributed by atoms with E-state index in [1.807, 2.05) is 0 Å². The van der Waals surface area contributed by atoms with Crippen molar-refractivity contribution in [3.8, 4) is 5.75 Å². The van der Waals surface area contributed by atoms with Crippen molar-refractivity contribution in [1.29, 1.82) is 0 Å². The minimum absolute atomic E-state index is 0.0224. The van der Waals surface area contributed by atoms with Crippen LogP contribution >= 0.6 is 0 Å². The largest absolute Gasteiger partial charge is 0.507 e. The molecule has 94 valence electrons. The molecule has 5 nitrogen and oxygen atoms in total. The zero-order chi connectivity index (χ0) is 13.3. The van der Waals surface area contributed by atoms with Gasteiger partial charge in [-0.15, -0.1) is 0 Å². The van der Waals surface area contributed by atoms with Gasteiger partial charge in [-0.2, -0.15) is 0 Å². The summed E-state index contributed by atoms with van der Waals surface area (Å²) in [6.07, 6.45) is -0.710. The number of carbonyl (C=O) groups is 1. The van der Waals surface area contributed by atoms with Gasteiger partial charge >= 0.3 is 5.97 Å². The lowest BCUT2D eigenvalue weighted by atomic mass is 10.0. The molecule has 0 aromatic heterocycles. The van der Waals surface area contributed by atoms with Crippen molar-refractivity contribution in [3.05, 3.63) is 35.9 Å². The highest BCUT2D eigenvalue weighted by Gasteiger charge is 2.09. The highest BCUT2D eigenvalue weighted by atomic mass is 16.4. The fraction of sp³-hybridized carbons (Fsp3) is 0.154. The molecule has 1 atom stereocenters. The van der Waals surface area contributed by atoms with E-state index >= 15 is 0 Å². The smallest absolute Gasteiger partial charge is 0.335 e. The first kappa shape index (κ1) is 12.2. The van der Waals surface area contributed by atoms with Crippen molar-refractivity contribution in [1.82, 2.24) is 0 Å². The monoisotopic (exact) mass is 247 g/mol. The van der Waals surface area contributed by atoms with Crippen molar-refractivity contribution < 1.29 is 20.1 Å². The molecule has 0 aliphatic rings. The number of benzene rings is 2. The van der Waals surface area contributed by atoms with Gasteiger partial charge < -0.3 is 20.6 Å². The first-order valence-corrected chi connectivity index (χ1v) is 5.42. The van der Waals surface area contributed by atoms with Gasteiger partial charge in [-0.25, -0.2) is 4.79 Å². The van der Waals surface area contributed by atoms with Crippen molar-refractivity contribution in [2.45, 2.75) is 13.2 Å². The Labute approximate surface area is 103 Å². The first-order valence-electron chi connectivity index (χ1n) is 5.42. The van der Waals surface area contributed by atoms with Gasteiger partial charge in [-0.1, -0.05) is 0 Å². The van der Waals surface area contributed by atoms with Crippen LogP contribution in [0.4, 0.5) is 5.69 Å². The van der Waals surface area contributed by atoms with E-state index in [9.17, 15) is 15.0 Å². The molecule has 0 saturated heterocycles. The molecule has 0 fully saturated rings. The summed E-state index contributed by atoms with van der Waals surface area (Å²) in [5.41, 5.74) is 0.675. The lowest BCUT2D eigenvalue weighted by molar-refractivity contribution is 0.0696. The number of aliphatic hydroxyl groups is 1. The van der Waals surface area contributed by atoms with Crippen LogP contribution in [0.1, 0.15) is 17.3 Å². The molecule has 0 spiro atoms. The molecular formula is C13H13NO4. The molecule has 5 heteroatoms. The number of fused-ring (bicyclic) bond motifs is 1. The quantitative estimate of drug-likeness (QED) is 0.623. The molecule has 4 N–H and O–H groups in total. The predicted octanol–water partition coefficient (Wildman–Crippen LogP) is 1.99. The molecule has 2 aromatic rings. The Morgan fingerprint density at radius 3 is 2.61 bits per heavy atom. The van der Waals surface area contributed by atoms with E-state index in [2.05, 4.69) is 5.32 Å². The minimum atomic E-state index is -1.10. The van der Waals surface area contributed by atoms with Crippen LogP contribution in [0.3, 0.4) is 0 Å². The summed E-state index contributed by atoms with van der Waals surface area (Å²) in [4.78, 5) is 10.9. The lowest BCUT2D eigenvalue weighted by Crippen LogP contribution is -2.12. The summed E-state index contributed by atoms with van der Waals surface area (Å²) in [6.45, 7) is 1.58. The van der Waals surface area contributed by atoms with E-state index in [0.29, 0.717) is 16.5 Å². The SMILES string of the molecule is CC(O)Nc1ccc2c(O)cc(C(=O)O)cc2c1. The van der Waals surface area contributed by atoms with Crippen LogP contribution in [0.2, 0.25) is 0 Å². The molecule has 2 rings (SSSR count). The summed E-state index contributed by atoms with van der Waals surface area (Å²) < 4.78 is 0. The second-order valence-corrected chi connectivity index (χ2v) is 4.06. The van der Waals surface area contributed by atoms with Crippen LogP contribution in [0.25, 0.3) is 10.8 Å². The van der Waals surface area contributed by atoms with Gasteiger partial charge in [0.15, 0.2) is 0 Å². The van der Waals surface area contributed by atoms with Crippen molar-refractivity contribution in [3.63, 3.8) is 0 Å². The Bertz CT molecular complexity index is 607. The molecule has 1 unspecified atom stereocenters. The third-order valence-corrected chi connectivity index (χ3v) is 2.55. The number of phenolic OH excluding ortho intramolecular Hbond substituents is 1. The number of aromatic carboxylic acids is 1. The zero-order valence-corrected chi connectivity index (χ0v) is 9.71. The van der Waals surface area contributed by atoms with Crippen LogP contribution in [0, 0.1) is 0 Å². The van der Waals surface area contributed by atoms with E-state index < -0.39 is 12.2 Å². The van der Waals surface area contributed by atoms with Crippen LogP contribution in [0.5, 0.6) is 5.75 Å². The van der Waals surface area contributed by atoms with Crippen LogP contribution in [-0.4, -0.2) is 27.5 Å². The molecule has 18 heavy (non-hydrogen) atoms. The number of rotatable bonds is 3. The molecule has 0 bridgehead atoms. The van der Waals surface area contributed by atoms with E-state index in [4.69, 9.17) is 5.11 Å². The number of aliphatic hydroxyl groups excluding tert-OH is 1. The van der Waals surface area contributed by atoms with Crippen LogP contribution in [0.15, 0.2) is 30.3 Å². The maximum absolute atomic E-state index is 10.9. The van der Waals surface area contributed by atoms with Crippen LogP contribution in [-0.2, 0) is 0 Å². The summed E-state index contributed by atoms with van der Waals surface area (Å²) >= 11 is 0. The summed E-state index contributed by atoms with van der Waals surface area (Å²) in [5.74, 6) is -1.17. The van der Waals surface area contributed by atoms with Gasteiger partial charge in [0.2, 0.25) is 0 Å². The van der Waals surface area contributed by atoms with E-state index in [1.54, 1.807) is 25.1 Å². The number of carboxylic acid groups (broad SMARTS) is 1. The van der Waals surface area contributed by atoms with Crippen molar-refractivity contribution in [2.24, 2.45) is 0 Å². The van der Waals surface area contributed by atoms with Gasteiger partial charge in [-0.3, -0.25) is 0 Å². The van der Waals surface area contributed by atoms with E-state index in [1.165, 1.54) is 12.1 Å². The summed E-state index contributed by atoms with van der Waals surface area (Å²) in [6, 6.07) is 7.74. The molecule has 0 aliphatic heterocycles. The Balaban J connectivity index is 2.56. The molecule has 0 saturated carbocycles. The normalized spacial score (nSPS) is 12.3. The van der Waals surface area contributed by atoms with Gasteiger partial charge in [0.05, 0.1) is 5.56 Å². The third kappa shape index (κ3) is 2.36. The van der Waals surface area contributed by atoms with Gasteiger partial charge in [0.25, 0.3) is 0 Å². The Morgan fingerprint density at radius 1 is 1.28 bits per heavy atom. The van der Waals surface area contributed by atoms with Crippen molar-refractivity contribution >= 4 is 22.4 Å². The fourth-order valence-electron chi connectivity index (χ4n) is 1.80. The average Bonchev–Trinajstić information content (AvgIpc) is 2.27. The Hall–Kier alpha value is -2.27. The second kappa shape index (κ2) is 4.54. The second-order valence-electron chi connectivity index (χ2n) is 4.06. The van der Waals surface area contributed by atoms with E-state index in [-0.39, 0.29) is 11.3 Å². The van der Waals surface area contributed by atoms with Gasteiger partial charge in [0, 0.05) is 11.1 Å². The maximum Gasteiger partial charge on any atom is 0.335 e. The minimum Gasteiger partial charge on any atom is -0.507 e. The highest BCUT2D eigenvalue weighted by Crippen LogP contribution is 2.29. The molecule has 0 aliphatic carbocycles. The topological polar surface area (TPSA) is 89.8 Å². The average molecular weight is 247 g/mol.